The molecule has 4 nitrogen and oxygen atoms in total. The summed E-state index contributed by atoms with van der Waals surface area (Å²) >= 11 is 0. The molecule has 0 aliphatic heterocycles. The van der Waals surface area contributed by atoms with E-state index >= 15 is 0 Å². The van der Waals surface area contributed by atoms with Crippen LogP contribution < -0.4 is 10.6 Å². The van der Waals surface area contributed by atoms with Crippen LogP contribution in [0.3, 0.4) is 0 Å². The molecule has 1 atom stereocenters. The number of carbonyl (C=O) groups is 1. The molecule has 0 aromatic carbocycles. The predicted octanol–water partition coefficient (Wildman–Crippen LogP) is 1.70. The lowest BCUT2D eigenvalue weighted by Crippen LogP contribution is -2.39. The zero-order valence-electron chi connectivity index (χ0n) is 11.6. The SMILES string of the molecule is CCCOCCCNCC(=O)NC(C)CCC. The summed E-state index contributed by atoms with van der Waals surface area (Å²) in [5.41, 5.74) is 0. The van der Waals surface area contributed by atoms with Crippen LogP contribution in [-0.4, -0.2) is 38.3 Å². The Labute approximate surface area is 105 Å². The van der Waals surface area contributed by atoms with E-state index in [1.807, 2.05) is 6.92 Å². The highest BCUT2D eigenvalue weighted by Gasteiger charge is 2.05. The topological polar surface area (TPSA) is 50.4 Å². The normalized spacial score (nSPS) is 12.4. The van der Waals surface area contributed by atoms with Gasteiger partial charge in [0.1, 0.15) is 0 Å². The molecule has 1 unspecified atom stereocenters. The second kappa shape index (κ2) is 11.9. The molecule has 0 spiro atoms. The van der Waals surface area contributed by atoms with E-state index in [0.29, 0.717) is 6.54 Å². The third-order valence-corrected chi connectivity index (χ3v) is 2.41. The van der Waals surface area contributed by atoms with Gasteiger partial charge in [-0.25, -0.2) is 0 Å². The molecule has 0 rings (SSSR count). The third kappa shape index (κ3) is 11.6. The predicted molar refractivity (Wildman–Crippen MR) is 71.1 cm³/mol. The van der Waals surface area contributed by atoms with E-state index in [1.54, 1.807) is 0 Å². The number of hydrogen-bond donors (Lipinski definition) is 2. The summed E-state index contributed by atoms with van der Waals surface area (Å²) in [7, 11) is 0. The van der Waals surface area contributed by atoms with Gasteiger partial charge in [0.15, 0.2) is 0 Å². The Morgan fingerprint density at radius 1 is 1.24 bits per heavy atom. The van der Waals surface area contributed by atoms with Gasteiger partial charge in [-0.05, 0) is 32.7 Å². The number of carbonyl (C=O) groups excluding carboxylic acids is 1. The Kier molecular flexibility index (Phi) is 11.4. The van der Waals surface area contributed by atoms with Crippen LogP contribution in [0.5, 0.6) is 0 Å². The van der Waals surface area contributed by atoms with Crippen molar-refractivity contribution in [3.05, 3.63) is 0 Å². The van der Waals surface area contributed by atoms with Gasteiger partial charge in [0, 0.05) is 19.3 Å². The molecule has 2 N–H and O–H groups in total. The summed E-state index contributed by atoms with van der Waals surface area (Å²) in [5, 5.41) is 6.08. The van der Waals surface area contributed by atoms with Gasteiger partial charge in [-0.15, -0.1) is 0 Å². The second-order valence-electron chi connectivity index (χ2n) is 4.40. The van der Waals surface area contributed by atoms with Gasteiger partial charge in [-0.3, -0.25) is 4.79 Å². The molecule has 0 aliphatic rings. The van der Waals surface area contributed by atoms with Crippen molar-refractivity contribution in [1.82, 2.24) is 10.6 Å². The van der Waals surface area contributed by atoms with Gasteiger partial charge in [0.05, 0.1) is 6.54 Å². The van der Waals surface area contributed by atoms with Crippen LogP contribution in [0.2, 0.25) is 0 Å². The number of ether oxygens (including phenoxy) is 1. The monoisotopic (exact) mass is 244 g/mol. The molecular weight excluding hydrogens is 216 g/mol. The maximum atomic E-state index is 11.5. The van der Waals surface area contributed by atoms with Crippen LogP contribution >= 0.6 is 0 Å². The molecule has 102 valence electrons. The summed E-state index contributed by atoms with van der Waals surface area (Å²) in [6, 6.07) is 0.280. The van der Waals surface area contributed by atoms with E-state index < -0.39 is 0 Å². The minimum atomic E-state index is 0.0837. The molecule has 17 heavy (non-hydrogen) atoms. The first-order valence-electron chi connectivity index (χ1n) is 6.78. The lowest BCUT2D eigenvalue weighted by Gasteiger charge is -2.13. The van der Waals surface area contributed by atoms with E-state index in [1.165, 1.54) is 0 Å². The van der Waals surface area contributed by atoms with E-state index in [0.717, 1.165) is 45.4 Å². The van der Waals surface area contributed by atoms with Crippen LogP contribution in [0.4, 0.5) is 0 Å². The molecule has 0 aromatic heterocycles. The number of rotatable bonds is 11. The third-order valence-electron chi connectivity index (χ3n) is 2.41. The maximum Gasteiger partial charge on any atom is 0.234 e. The molecule has 4 heteroatoms. The zero-order valence-corrected chi connectivity index (χ0v) is 11.6. The molecule has 0 bridgehead atoms. The van der Waals surface area contributed by atoms with E-state index in [-0.39, 0.29) is 11.9 Å². The molecule has 0 saturated carbocycles. The van der Waals surface area contributed by atoms with E-state index in [2.05, 4.69) is 24.5 Å². The fourth-order valence-electron chi connectivity index (χ4n) is 1.58. The van der Waals surface area contributed by atoms with Gasteiger partial charge in [0.2, 0.25) is 5.91 Å². The molecule has 0 aliphatic carbocycles. The molecule has 0 fully saturated rings. The van der Waals surface area contributed by atoms with Crippen LogP contribution in [0.15, 0.2) is 0 Å². The highest BCUT2D eigenvalue weighted by molar-refractivity contribution is 5.78. The first kappa shape index (κ1) is 16.4. The average Bonchev–Trinajstić information content (AvgIpc) is 2.28. The summed E-state index contributed by atoms with van der Waals surface area (Å²) in [5.74, 6) is 0.0837. The van der Waals surface area contributed by atoms with Crippen molar-refractivity contribution in [1.29, 1.82) is 0 Å². The van der Waals surface area contributed by atoms with Crippen LogP contribution in [0.1, 0.15) is 46.5 Å². The van der Waals surface area contributed by atoms with E-state index in [4.69, 9.17) is 4.74 Å². The van der Waals surface area contributed by atoms with Crippen molar-refractivity contribution in [2.24, 2.45) is 0 Å². The fraction of sp³-hybridized carbons (Fsp3) is 0.923. The Morgan fingerprint density at radius 3 is 2.65 bits per heavy atom. The van der Waals surface area contributed by atoms with Crippen LogP contribution in [0.25, 0.3) is 0 Å². The Hall–Kier alpha value is -0.610. The Balaban J connectivity index is 3.27. The molecule has 0 aromatic rings. The van der Waals surface area contributed by atoms with Crippen molar-refractivity contribution >= 4 is 5.91 Å². The Morgan fingerprint density at radius 2 is 2.00 bits per heavy atom. The van der Waals surface area contributed by atoms with Crippen LogP contribution in [0, 0.1) is 0 Å². The Bertz CT molecular complexity index is 186. The number of nitrogens with one attached hydrogen (secondary N) is 2. The highest BCUT2D eigenvalue weighted by atomic mass is 16.5. The van der Waals surface area contributed by atoms with Gasteiger partial charge >= 0.3 is 0 Å². The molecular formula is C13H28N2O2. The van der Waals surface area contributed by atoms with E-state index in [9.17, 15) is 4.79 Å². The quantitative estimate of drug-likeness (QED) is 0.544. The lowest BCUT2D eigenvalue weighted by molar-refractivity contribution is -0.120. The number of hydrogen-bond acceptors (Lipinski definition) is 3. The summed E-state index contributed by atoms with van der Waals surface area (Å²) in [6.45, 7) is 9.10. The smallest absolute Gasteiger partial charge is 0.234 e. The van der Waals surface area contributed by atoms with Gasteiger partial charge < -0.3 is 15.4 Å². The van der Waals surface area contributed by atoms with Crippen molar-refractivity contribution in [3.63, 3.8) is 0 Å². The van der Waals surface area contributed by atoms with Crippen molar-refractivity contribution in [2.45, 2.75) is 52.5 Å². The number of amides is 1. The van der Waals surface area contributed by atoms with Crippen molar-refractivity contribution in [3.8, 4) is 0 Å². The van der Waals surface area contributed by atoms with Crippen molar-refractivity contribution < 1.29 is 9.53 Å². The van der Waals surface area contributed by atoms with Crippen LogP contribution in [-0.2, 0) is 9.53 Å². The first-order valence-corrected chi connectivity index (χ1v) is 6.78. The highest BCUT2D eigenvalue weighted by Crippen LogP contribution is 1.93. The van der Waals surface area contributed by atoms with Crippen molar-refractivity contribution in [2.75, 3.05) is 26.3 Å². The lowest BCUT2D eigenvalue weighted by atomic mass is 10.2. The van der Waals surface area contributed by atoms with Gasteiger partial charge in [-0.1, -0.05) is 20.3 Å². The molecule has 0 saturated heterocycles. The maximum absolute atomic E-state index is 11.5. The van der Waals surface area contributed by atoms with Gasteiger partial charge in [0.25, 0.3) is 0 Å². The summed E-state index contributed by atoms with van der Waals surface area (Å²) in [4.78, 5) is 11.5. The standard InChI is InChI=1S/C13H28N2O2/c1-4-7-12(3)15-13(16)11-14-8-6-10-17-9-5-2/h12,14H,4-11H2,1-3H3,(H,15,16). The summed E-state index contributed by atoms with van der Waals surface area (Å²) < 4.78 is 5.35. The average molecular weight is 244 g/mol. The zero-order chi connectivity index (χ0) is 12.9. The summed E-state index contributed by atoms with van der Waals surface area (Å²) in [6.07, 6.45) is 4.16. The first-order chi connectivity index (χ1) is 8.20. The van der Waals surface area contributed by atoms with Gasteiger partial charge in [-0.2, -0.15) is 0 Å². The largest absolute Gasteiger partial charge is 0.381 e. The minimum Gasteiger partial charge on any atom is -0.381 e. The fourth-order valence-corrected chi connectivity index (χ4v) is 1.58. The molecule has 0 heterocycles. The molecule has 0 radical (unpaired) electrons. The minimum absolute atomic E-state index is 0.0837. The second-order valence-corrected chi connectivity index (χ2v) is 4.40. The molecule has 1 amide bonds.